The number of amides is 2. The van der Waals surface area contributed by atoms with Gasteiger partial charge in [-0.1, -0.05) is 12.1 Å². The van der Waals surface area contributed by atoms with Gasteiger partial charge in [0.25, 0.3) is 0 Å². The molecular formula is C14H19FN2O3S. The SMILES string of the molecule is Cc1cccc(NC(=O)N2CCS(=O)(=O)C(C)(C)C2)c1F. The first-order valence-electron chi connectivity index (χ1n) is 6.67. The molecule has 0 unspecified atom stereocenters. The Morgan fingerprint density at radius 2 is 2.05 bits per heavy atom. The molecule has 1 aromatic carbocycles. The fourth-order valence-electron chi connectivity index (χ4n) is 2.26. The molecule has 0 aliphatic carbocycles. The van der Waals surface area contributed by atoms with Crippen LogP contribution in [0.25, 0.3) is 0 Å². The van der Waals surface area contributed by atoms with Crippen LogP contribution in [-0.4, -0.2) is 42.9 Å². The Morgan fingerprint density at radius 3 is 2.67 bits per heavy atom. The van der Waals surface area contributed by atoms with E-state index in [0.29, 0.717) is 5.56 Å². The minimum Gasteiger partial charge on any atom is -0.322 e. The highest BCUT2D eigenvalue weighted by atomic mass is 32.2. The molecule has 5 nitrogen and oxygen atoms in total. The zero-order chi connectivity index (χ0) is 15.8. The van der Waals surface area contributed by atoms with Gasteiger partial charge in [0.2, 0.25) is 0 Å². The van der Waals surface area contributed by atoms with E-state index in [1.54, 1.807) is 32.9 Å². The lowest BCUT2D eigenvalue weighted by Gasteiger charge is -2.37. The first-order chi connectivity index (χ1) is 9.64. The summed E-state index contributed by atoms with van der Waals surface area (Å²) in [6.45, 7) is 5.01. The van der Waals surface area contributed by atoms with Crippen molar-refractivity contribution in [2.45, 2.75) is 25.5 Å². The molecule has 2 rings (SSSR count). The van der Waals surface area contributed by atoms with Crippen LogP contribution >= 0.6 is 0 Å². The Kier molecular flexibility index (Phi) is 3.97. The average Bonchev–Trinajstić information content (AvgIpc) is 2.38. The molecule has 1 aromatic rings. The number of sulfone groups is 1. The third-order valence-electron chi connectivity index (χ3n) is 3.76. The van der Waals surface area contributed by atoms with Crippen LogP contribution in [0.1, 0.15) is 19.4 Å². The lowest BCUT2D eigenvalue weighted by atomic mass is 10.2. The van der Waals surface area contributed by atoms with Gasteiger partial charge in [0.05, 0.1) is 16.2 Å². The van der Waals surface area contributed by atoms with Crippen molar-refractivity contribution >= 4 is 21.6 Å². The van der Waals surface area contributed by atoms with Gasteiger partial charge in [0.15, 0.2) is 9.84 Å². The highest BCUT2D eigenvalue weighted by Gasteiger charge is 2.41. The second kappa shape index (κ2) is 5.29. The summed E-state index contributed by atoms with van der Waals surface area (Å²) in [6, 6.07) is 4.26. The molecule has 0 spiro atoms. The number of hydrogen-bond donors (Lipinski definition) is 1. The lowest BCUT2D eigenvalue weighted by Crippen LogP contribution is -2.55. The van der Waals surface area contributed by atoms with E-state index < -0.39 is 26.4 Å². The van der Waals surface area contributed by atoms with E-state index in [4.69, 9.17) is 0 Å². The summed E-state index contributed by atoms with van der Waals surface area (Å²) < 4.78 is 36.7. The van der Waals surface area contributed by atoms with Crippen LogP contribution in [0, 0.1) is 12.7 Å². The Labute approximate surface area is 124 Å². The highest BCUT2D eigenvalue weighted by molar-refractivity contribution is 7.92. The number of anilines is 1. The van der Waals surface area contributed by atoms with Crippen LogP contribution in [-0.2, 0) is 9.84 Å². The number of nitrogens with one attached hydrogen (secondary N) is 1. The number of halogens is 1. The molecule has 1 heterocycles. The van der Waals surface area contributed by atoms with Gasteiger partial charge in [0, 0.05) is 13.1 Å². The van der Waals surface area contributed by atoms with Crippen molar-refractivity contribution in [3.05, 3.63) is 29.6 Å². The Hall–Kier alpha value is -1.63. The molecule has 0 bridgehead atoms. The molecule has 0 radical (unpaired) electrons. The number of carbonyl (C=O) groups is 1. The van der Waals surface area contributed by atoms with Crippen LogP contribution in [0.3, 0.4) is 0 Å². The predicted molar refractivity (Wildman–Crippen MR) is 79.6 cm³/mol. The molecule has 0 aromatic heterocycles. The highest BCUT2D eigenvalue weighted by Crippen LogP contribution is 2.25. The van der Waals surface area contributed by atoms with Gasteiger partial charge >= 0.3 is 6.03 Å². The number of benzene rings is 1. The minimum absolute atomic E-state index is 0.0796. The van der Waals surface area contributed by atoms with E-state index in [1.807, 2.05) is 0 Å². The normalized spacial score (nSPS) is 20.1. The number of rotatable bonds is 1. The maximum absolute atomic E-state index is 13.9. The number of hydrogen-bond acceptors (Lipinski definition) is 3. The smallest absolute Gasteiger partial charge is 0.322 e. The molecule has 2 amide bonds. The summed E-state index contributed by atoms with van der Waals surface area (Å²) in [5, 5.41) is 2.50. The fraction of sp³-hybridized carbons (Fsp3) is 0.500. The molecule has 116 valence electrons. The summed E-state index contributed by atoms with van der Waals surface area (Å²) in [5.41, 5.74) is 0.542. The molecule has 1 saturated heterocycles. The summed E-state index contributed by atoms with van der Waals surface area (Å²) in [4.78, 5) is 13.6. The largest absolute Gasteiger partial charge is 0.322 e. The monoisotopic (exact) mass is 314 g/mol. The first-order valence-corrected chi connectivity index (χ1v) is 8.33. The number of carbonyl (C=O) groups excluding carboxylic acids is 1. The van der Waals surface area contributed by atoms with Gasteiger partial charge in [0.1, 0.15) is 5.82 Å². The summed E-state index contributed by atoms with van der Waals surface area (Å²) >= 11 is 0. The van der Waals surface area contributed by atoms with Crippen molar-refractivity contribution in [2.24, 2.45) is 0 Å². The first kappa shape index (κ1) is 15.8. The third-order valence-corrected chi connectivity index (χ3v) is 6.30. The van der Waals surface area contributed by atoms with Crippen molar-refractivity contribution in [3.8, 4) is 0 Å². The molecule has 21 heavy (non-hydrogen) atoms. The van der Waals surface area contributed by atoms with Crippen molar-refractivity contribution in [2.75, 3.05) is 24.2 Å². The number of urea groups is 1. The van der Waals surface area contributed by atoms with Gasteiger partial charge in [-0.3, -0.25) is 0 Å². The van der Waals surface area contributed by atoms with Gasteiger partial charge in [-0.05, 0) is 32.4 Å². The molecule has 0 atom stereocenters. The summed E-state index contributed by atoms with van der Waals surface area (Å²) in [7, 11) is -3.21. The van der Waals surface area contributed by atoms with Gasteiger partial charge in [-0.15, -0.1) is 0 Å². The Morgan fingerprint density at radius 1 is 1.38 bits per heavy atom. The quantitative estimate of drug-likeness (QED) is 0.864. The van der Waals surface area contributed by atoms with Crippen molar-refractivity contribution in [1.29, 1.82) is 0 Å². The van der Waals surface area contributed by atoms with Crippen molar-refractivity contribution in [1.82, 2.24) is 4.90 Å². The zero-order valence-corrected chi connectivity index (χ0v) is 13.1. The van der Waals surface area contributed by atoms with Crippen LogP contribution in [0.2, 0.25) is 0 Å². The van der Waals surface area contributed by atoms with Crippen LogP contribution in [0.15, 0.2) is 18.2 Å². The van der Waals surface area contributed by atoms with E-state index in [2.05, 4.69) is 5.32 Å². The van der Waals surface area contributed by atoms with E-state index in [-0.39, 0.29) is 24.5 Å². The molecule has 1 fully saturated rings. The lowest BCUT2D eigenvalue weighted by molar-refractivity contribution is 0.206. The molecule has 0 saturated carbocycles. The standard InChI is InChI=1S/C14H19FN2O3S/c1-10-5-4-6-11(12(10)15)16-13(18)17-7-8-21(19,20)14(2,3)9-17/h4-6H,7-9H2,1-3H3,(H,16,18). The van der Waals surface area contributed by atoms with Crippen molar-refractivity contribution in [3.63, 3.8) is 0 Å². The molecule has 1 aliphatic heterocycles. The van der Waals surface area contributed by atoms with E-state index in [0.717, 1.165) is 0 Å². The van der Waals surface area contributed by atoms with E-state index in [1.165, 1.54) is 11.0 Å². The number of nitrogens with zero attached hydrogens (tertiary/aromatic N) is 1. The zero-order valence-electron chi connectivity index (χ0n) is 12.3. The third kappa shape index (κ3) is 3.02. The Balaban J connectivity index is 2.14. The summed E-state index contributed by atoms with van der Waals surface area (Å²) in [5.74, 6) is -0.557. The van der Waals surface area contributed by atoms with Gasteiger partial charge in [-0.2, -0.15) is 0 Å². The topological polar surface area (TPSA) is 66.5 Å². The second-order valence-electron chi connectivity index (χ2n) is 5.87. The molecule has 1 N–H and O–H groups in total. The average molecular weight is 314 g/mol. The summed E-state index contributed by atoms with van der Waals surface area (Å²) in [6.07, 6.45) is 0. The fourth-order valence-corrected chi connectivity index (χ4v) is 3.62. The molecule has 7 heteroatoms. The van der Waals surface area contributed by atoms with E-state index >= 15 is 0 Å². The maximum atomic E-state index is 13.9. The van der Waals surface area contributed by atoms with Gasteiger partial charge in [-0.25, -0.2) is 17.6 Å². The molecular weight excluding hydrogens is 295 g/mol. The number of aryl methyl sites for hydroxylation is 1. The van der Waals surface area contributed by atoms with Crippen LogP contribution < -0.4 is 5.32 Å². The molecule has 1 aliphatic rings. The maximum Gasteiger partial charge on any atom is 0.322 e. The minimum atomic E-state index is -3.21. The van der Waals surface area contributed by atoms with Crippen molar-refractivity contribution < 1.29 is 17.6 Å². The van der Waals surface area contributed by atoms with Gasteiger partial charge < -0.3 is 10.2 Å². The predicted octanol–water partition coefficient (Wildman–Crippen LogP) is 2.18. The second-order valence-corrected chi connectivity index (χ2v) is 8.61. The Bertz CT molecular complexity index is 671. The van der Waals surface area contributed by atoms with E-state index in [9.17, 15) is 17.6 Å². The van der Waals surface area contributed by atoms with Crippen LogP contribution in [0.5, 0.6) is 0 Å². The van der Waals surface area contributed by atoms with Crippen LogP contribution in [0.4, 0.5) is 14.9 Å².